The SMILES string of the molecule is CC(=O)c1ccc(N=Cc2c(C)[nH]n(-c3ccc(C)cc3)c2=O)cc1. The van der Waals surface area contributed by atoms with Crippen LogP contribution >= 0.6 is 0 Å². The zero-order chi connectivity index (χ0) is 18.0. The number of carbonyl (C=O) groups excluding carboxylic acids is 1. The van der Waals surface area contributed by atoms with Crippen LogP contribution in [0.4, 0.5) is 5.69 Å². The van der Waals surface area contributed by atoms with E-state index in [1.165, 1.54) is 11.6 Å². The van der Waals surface area contributed by atoms with Crippen LogP contribution in [0.5, 0.6) is 0 Å². The second-order valence-electron chi connectivity index (χ2n) is 5.99. The molecule has 0 aliphatic rings. The maximum absolute atomic E-state index is 12.6. The lowest BCUT2D eigenvalue weighted by molar-refractivity contribution is 0.101. The molecule has 126 valence electrons. The van der Waals surface area contributed by atoms with Crippen molar-refractivity contribution in [3.63, 3.8) is 0 Å². The molecule has 0 spiro atoms. The Morgan fingerprint density at radius 3 is 2.28 bits per heavy atom. The van der Waals surface area contributed by atoms with Gasteiger partial charge in [0.05, 0.1) is 16.9 Å². The predicted octanol–water partition coefficient (Wildman–Crippen LogP) is 3.74. The highest BCUT2D eigenvalue weighted by Crippen LogP contribution is 2.14. The summed E-state index contributed by atoms with van der Waals surface area (Å²) in [4.78, 5) is 28.3. The summed E-state index contributed by atoms with van der Waals surface area (Å²) in [6, 6.07) is 14.7. The molecular weight excluding hydrogens is 314 g/mol. The Balaban J connectivity index is 1.91. The third kappa shape index (κ3) is 3.50. The normalized spacial score (nSPS) is 11.2. The van der Waals surface area contributed by atoms with Crippen LogP contribution in [0.15, 0.2) is 58.3 Å². The molecule has 5 heteroatoms. The van der Waals surface area contributed by atoms with Crippen LogP contribution in [0.2, 0.25) is 0 Å². The van der Waals surface area contributed by atoms with E-state index in [1.807, 2.05) is 38.1 Å². The number of H-pyrrole nitrogens is 1. The summed E-state index contributed by atoms with van der Waals surface area (Å²) in [6.45, 7) is 5.36. The molecule has 0 bridgehead atoms. The fraction of sp³-hybridized carbons (Fsp3) is 0.150. The first kappa shape index (κ1) is 16.6. The number of rotatable bonds is 4. The Morgan fingerprint density at radius 2 is 1.68 bits per heavy atom. The molecule has 0 aliphatic heterocycles. The summed E-state index contributed by atoms with van der Waals surface area (Å²) >= 11 is 0. The van der Waals surface area contributed by atoms with E-state index < -0.39 is 0 Å². The summed E-state index contributed by atoms with van der Waals surface area (Å²) in [5.74, 6) is 0.0120. The Kier molecular flexibility index (Phi) is 4.48. The van der Waals surface area contributed by atoms with E-state index in [0.717, 1.165) is 16.9 Å². The number of ketones is 1. The maximum atomic E-state index is 12.6. The first-order valence-electron chi connectivity index (χ1n) is 7.99. The number of benzene rings is 2. The van der Waals surface area contributed by atoms with Gasteiger partial charge >= 0.3 is 0 Å². The topological polar surface area (TPSA) is 67.2 Å². The van der Waals surface area contributed by atoms with Gasteiger partial charge in [0, 0.05) is 17.5 Å². The molecular formula is C20H19N3O2. The van der Waals surface area contributed by atoms with Crippen LogP contribution in [0.3, 0.4) is 0 Å². The number of carbonyl (C=O) groups is 1. The summed E-state index contributed by atoms with van der Waals surface area (Å²) in [5, 5.41) is 3.08. The lowest BCUT2D eigenvalue weighted by Gasteiger charge is -2.01. The number of Topliss-reactive ketones (excluding diaryl/α,β-unsaturated/α-hetero) is 1. The molecule has 1 aromatic heterocycles. The van der Waals surface area contributed by atoms with Gasteiger partial charge < -0.3 is 0 Å². The Bertz CT molecular complexity index is 991. The van der Waals surface area contributed by atoms with E-state index in [4.69, 9.17) is 0 Å². The van der Waals surface area contributed by atoms with Crippen LogP contribution in [0.1, 0.15) is 34.1 Å². The van der Waals surface area contributed by atoms with Gasteiger partial charge in [-0.2, -0.15) is 0 Å². The zero-order valence-electron chi connectivity index (χ0n) is 14.4. The molecule has 5 nitrogen and oxygen atoms in total. The van der Waals surface area contributed by atoms with Crippen LogP contribution in [0.25, 0.3) is 5.69 Å². The van der Waals surface area contributed by atoms with Crippen LogP contribution in [0, 0.1) is 13.8 Å². The first-order valence-corrected chi connectivity index (χ1v) is 7.99. The van der Waals surface area contributed by atoms with Crippen molar-refractivity contribution in [2.24, 2.45) is 4.99 Å². The number of aromatic nitrogens is 2. The standard InChI is InChI=1S/C20H19N3O2/c1-13-4-10-18(11-5-13)23-20(25)19(14(2)22-23)12-21-17-8-6-16(7-9-17)15(3)24/h4-12,22H,1-3H3. The van der Waals surface area contributed by atoms with Gasteiger partial charge in [-0.05, 0) is 57.2 Å². The molecule has 1 heterocycles. The minimum absolute atomic E-state index is 0.0120. The van der Waals surface area contributed by atoms with Crippen molar-refractivity contribution in [1.82, 2.24) is 9.78 Å². The van der Waals surface area contributed by atoms with Gasteiger partial charge in [0.15, 0.2) is 5.78 Å². The maximum Gasteiger partial charge on any atom is 0.280 e. The smallest absolute Gasteiger partial charge is 0.280 e. The number of aryl methyl sites for hydroxylation is 2. The van der Waals surface area contributed by atoms with E-state index in [0.29, 0.717) is 16.8 Å². The fourth-order valence-corrected chi connectivity index (χ4v) is 2.51. The van der Waals surface area contributed by atoms with Gasteiger partial charge in [-0.3, -0.25) is 19.7 Å². The third-order valence-electron chi connectivity index (χ3n) is 4.03. The number of nitrogens with one attached hydrogen (secondary N) is 1. The quantitative estimate of drug-likeness (QED) is 0.584. The minimum Gasteiger partial charge on any atom is -0.295 e. The summed E-state index contributed by atoms with van der Waals surface area (Å²) in [7, 11) is 0. The van der Waals surface area contributed by atoms with Gasteiger partial charge in [0.1, 0.15) is 0 Å². The lowest BCUT2D eigenvalue weighted by Crippen LogP contribution is -2.17. The molecule has 1 N–H and O–H groups in total. The third-order valence-corrected chi connectivity index (χ3v) is 4.03. The molecule has 0 aliphatic carbocycles. The highest BCUT2D eigenvalue weighted by molar-refractivity contribution is 5.94. The summed E-state index contributed by atoms with van der Waals surface area (Å²) in [6.07, 6.45) is 1.56. The number of nitrogens with zero attached hydrogens (tertiary/aromatic N) is 2. The van der Waals surface area contributed by atoms with Gasteiger partial charge in [-0.1, -0.05) is 17.7 Å². The van der Waals surface area contributed by atoms with Gasteiger partial charge in [0.2, 0.25) is 0 Å². The average Bonchev–Trinajstić information content (AvgIpc) is 2.88. The van der Waals surface area contributed by atoms with Crippen molar-refractivity contribution in [2.45, 2.75) is 20.8 Å². The molecule has 0 fully saturated rings. The molecule has 3 rings (SSSR count). The molecule has 0 atom stereocenters. The minimum atomic E-state index is -0.148. The molecule has 2 aromatic carbocycles. The Morgan fingerprint density at radius 1 is 1.04 bits per heavy atom. The van der Waals surface area contributed by atoms with Crippen molar-refractivity contribution in [3.05, 3.63) is 81.3 Å². The molecule has 0 radical (unpaired) electrons. The summed E-state index contributed by atoms with van der Waals surface area (Å²) < 4.78 is 1.51. The van der Waals surface area contributed by atoms with E-state index in [2.05, 4.69) is 10.1 Å². The Labute approximate surface area is 145 Å². The highest BCUT2D eigenvalue weighted by atomic mass is 16.1. The number of aliphatic imine (C=N–C) groups is 1. The molecule has 25 heavy (non-hydrogen) atoms. The van der Waals surface area contributed by atoms with E-state index in [1.54, 1.807) is 30.5 Å². The first-order chi connectivity index (χ1) is 12.0. The highest BCUT2D eigenvalue weighted by Gasteiger charge is 2.10. The van der Waals surface area contributed by atoms with E-state index in [9.17, 15) is 9.59 Å². The lowest BCUT2D eigenvalue weighted by atomic mass is 10.1. The van der Waals surface area contributed by atoms with Gasteiger partial charge in [-0.25, -0.2) is 4.68 Å². The number of aromatic amines is 1. The van der Waals surface area contributed by atoms with Crippen LogP contribution < -0.4 is 5.56 Å². The van der Waals surface area contributed by atoms with E-state index >= 15 is 0 Å². The monoisotopic (exact) mass is 333 g/mol. The van der Waals surface area contributed by atoms with Gasteiger partial charge in [-0.15, -0.1) is 0 Å². The average molecular weight is 333 g/mol. The number of hydrogen-bond donors (Lipinski definition) is 1. The molecule has 0 saturated heterocycles. The molecule has 0 saturated carbocycles. The largest absolute Gasteiger partial charge is 0.295 e. The second kappa shape index (κ2) is 6.73. The Hall–Kier alpha value is -3.21. The number of hydrogen-bond acceptors (Lipinski definition) is 3. The summed E-state index contributed by atoms with van der Waals surface area (Å²) in [5.41, 5.74) is 4.35. The van der Waals surface area contributed by atoms with Crippen molar-refractivity contribution in [2.75, 3.05) is 0 Å². The van der Waals surface area contributed by atoms with Crippen molar-refractivity contribution in [3.8, 4) is 5.69 Å². The molecule has 0 amide bonds. The van der Waals surface area contributed by atoms with Crippen molar-refractivity contribution < 1.29 is 4.79 Å². The predicted molar refractivity (Wildman–Crippen MR) is 99.6 cm³/mol. The zero-order valence-corrected chi connectivity index (χ0v) is 14.4. The second-order valence-corrected chi connectivity index (χ2v) is 5.99. The fourth-order valence-electron chi connectivity index (χ4n) is 2.51. The molecule has 0 unspecified atom stereocenters. The van der Waals surface area contributed by atoms with Gasteiger partial charge in [0.25, 0.3) is 5.56 Å². The molecule has 3 aromatic rings. The van der Waals surface area contributed by atoms with Crippen LogP contribution in [-0.4, -0.2) is 21.8 Å². The van der Waals surface area contributed by atoms with E-state index in [-0.39, 0.29) is 11.3 Å². The van der Waals surface area contributed by atoms with Crippen molar-refractivity contribution in [1.29, 1.82) is 0 Å². The van der Waals surface area contributed by atoms with Crippen LogP contribution in [-0.2, 0) is 0 Å². The van der Waals surface area contributed by atoms with Crippen molar-refractivity contribution >= 4 is 17.7 Å².